The number of carbonyl (C=O) groups is 1. The number of aromatic nitrogens is 1. The third-order valence-electron chi connectivity index (χ3n) is 4.77. The zero-order chi connectivity index (χ0) is 14.6. The number of likely N-dealkylation sites (N-methyl/N-ethyl adjacent to an activating group) is 1. The van der Waals surface area contributed by atoms with Crippen LogP contribution in [0.1, 0.15) is 11.1 Å². The lowest BCUT2D eigenvalue weighted by atomic mass is 9.80. The van der Waals surface area contributed by atoms with Gasteiger partial charge in [-0.2, -0.15) is 0 Å². The van der Waals surface area contributed by atoms with E-state index in [0.29, 0.717) is 6.04 Å². The highest BCUT2D eigenvalue weighted by molar-refractivity contribution is 5.99. The molecule has 1 aromatic carbocycles. The summed E-state index contributed by atoms with van der Waals surface area (Å²) in [5.41, 5.74) is 5.05. The van der Waals surface area contributed by atoms with Crippen molar-refractivity contribution in [1.82, 2.24) is 9.88 Å². The summed E-state index contributed by atoms with van der Waals surface area (Å²) in [5, 5.41) is 1.30. The van der Waals surface area contributed by atoms with Crippen LogP contribution in [-0.4, -0.2) is 42.6 Å². The van der Waals surface area contributed by atoms with Gasteiger partial charge in [-0.3, -0.25) is 9.69 Å². The van der Waals surface area contributed by atoms with E-state index in [9.17, 15) is 4.79 Å². The summed E-state index contributed by atoms with van der Waals surface area (Å²) >= 11 is 0. The molecule has 2 heterocycles. The Morgan fingerprint density at radius 3 is 3.10 bits per heavy atom. The Morgan fingerprint density at radius 1 is 1.43 bits per heavy atom. The van der Waals surface area contributed by atoms with E-state index in [1.54, 1.807) is 0 Å². The standard InChI is InChI=1S/C17H18N2O2/c1-19-9-11(17(20)21-2)6-13-12-4-3-5-14-16(12)10(8-18-14)7-15(13)19/h3-6,8,11,15,18H,7,9H2,1-2H3/t11-,15+/m0/s1. The first-order valence-corrected chi connectivity index (χ1v) is 7.28. The van der Waals surface area contributed by atoms with E-state index in [0.717, 1.165) is 13.0 Å². The van der Waals surface area contributed by atoms with Crippen LogP contribution in [0.15, 0.2) is 30.5 Å². The van der Waals surface area contributed by atoms with Crippen LogP contribution < -0.4 is 0 Å². The van der Waals surface area contributed by atoms with Gasteiger partial charge in [-0.05, 0) is 36.2 Å². The van der Waals surface area contributed by atoms with Gasteiger partial charge in [0.15, 0.2) is 0 Å². The largest absolute Gasteiger partial charge is 0.469 e. The van der Waals surface area contributed by atoms with E-state index in [1.807, 2.05) is 0 Å². The highest BCUT2D eigenvalue weighted by Gasteiger charge is 2.35. The van der Waals surface area contributed by atoms with Gasteiger partial charge in [-0.15, -0.1) is 0 Å². The smallest absolute Gasteiger partial charge is 0.313 e. The number of hydrogen-bond acceptors (Lipinski definition) is 3. The highest BCUT2D eigenvalue weighted by atomic mass is 16.5. The molecule has 1 aliphatic carbocycles. The molecular weight excluding hydrogens is 264 g/mol. The number of ether oxygens (including phenoxy) is 1. The van der Waals surface area contributed by atoms with E-state index in [-0.39, 0.29) is 11.9 Å². The first-order valence-electron chi connectivity index (χ1n) is 7.28. The molecule has 1 N–H and O–H groups in total. The minimum atomic E-state index is -0.179. The second-order valence-electron chi connectivity index (χ2n) is 5.95. The molecule has 0 spiro atoms. The van der Waals surface area contributed by atoms with Crippen LogP contribution in [0.2, 0.25) is 0 Å². The predicted octanol–water partition coefficient (Wildman–Crippen LogP) is 2.21. The fourth-order valence-electron chi connectivity index (χ4n) is 3.75. The molecule has 0 radical (unpaired) electrons. The van der Waals surface area contributed by atoms with Crippen molar-refractivity contribution < 1.29 is 9.53 Å². The number of esters is 1. The number of H-pyrrole nitrogens is 1. The van der Waals surface area contributed by atoms with Gasteiger partial charge in [-0.1, -0.05) is 18.2 Å². The van der Waals surface area contributed by atoms with Crippen molar-refractivity contribution in [3.63, 3.8) is 0 Å². The number of nitrogens with zero attached hydrogens (tertiary/aromatic N) is 1. The maximum atomic E-state index is 11.9. The number of hydrogen-bond donors (Lipinski definition) is 1. The monoisotopic (exact) mass is 282 g/mol. The Hall–Kier alpha value is -2.07. The van der Waals surface area contributed by atoms with Crippen LogP contribution in [0, 0.1) is 5.92 Å². The summed E-state index contributed by atoms with van der Waals surface area (Å²) in [6.07, 6.45) is 5.22. The number of nitrogens with one attached hydrogen (secondary N) is 1. The fraction of sp³-hybridized carbons (Fsp3) is 0.353. The lowest BCUT2D eigenvalue weighted by Gasteiger charge is -2.39. The summed E-state index contributed by atoms with van der Waals surface area (Å²) in [6.45, 7) is 0.719. The fourth-order valence-corrected chi connectivity index (χ4v) is 3.75. The Bertz CT molecular complexity index is 759. The number of methoxy groups -OCH3 is 1. The first kappa shape index (κ1) is 12.7. The predicted molar refractivity (Wildman–Crippen MR) is 81.9 cm³/mol. The Balaban J connectivity index is 1.91. The topological polar surface area (TPSA) is 45.3 Å². The molecule has 2 aromatic rings. The Morgan fingerprint density at radius 2 is 2.29 bits per heavy atom. The Kier molecular flexibility index (Phi) is 2.69. The minimum absolute atomic E-state index is 0.153. The second-order valence-corrected chi connectivity index (χ2v) is 5.95. The maximum Gasteiger partial charge on any atom is 0.313 e. The van der Waals surface area contributed by atoms with Crippen LogP contribution in [0.5, 0.6) is 0 Å². The molecule has 0 fully saturated rings. The van der Waals surface area contributed by atoms with Gasteiger partial charge in [0.05, 0.1) is 13.0 Å². The molecule has 4 nitrogen and oxygen atoms in total. The summed E-state index contributed by atoms with van der Waals surface area (Å²) < 4.78 is 4.93. The van der Waals surface area contributed by atoms with Crippen molar-refractivity contribution in [3.8, 4) is 0 Å². The number of benzene rings is 1. The number of aromatic amines is 1. The first-order chi connectivity index (χ1) is 10.2. The quantitative estimate of drug-likeness (QED) is 0.816. The molecule has 1 aliphatic heterocycles. The second kappa shape index (κ2) is 4.46. The van der Waals surface area contributed by atoms with Crippen LogP contribution in [-0.2, 0) is 16.0 Å². The minimum Gasteiger partial charge on any atom is -0.469 e. The zero-order valence-electron chi connectivity index (χ0n) is 12.2. The molecule has 0 saturated carbocycles. The van der Waals surface area contributed by atoms with Crippen molar-refractivity contribution in [1.29, 1.82) is 0 Å². The van der Waals surface area contributed by atoms with Crippen LogP contribution in [0.3, 0.4) is 0 Å². The molecule has 4 heteroatoms. The molecule has 4 rings (SSSR count). The summed E-state index contributed by atoms with van der Waals surface area (Å²) in [7, 11) is 3.55. The van der Waals surface area contributed by atoms with Crippen molar-refractivity contribution in [2.24, 2.45) is 5.92 Å². The Labute approximate surface area is 123 Å². The van der Waals surface area contributed by atoms with E-state index in [4.69, 9.17) is 4.74 Å². The molecule has 0 unspecified atom stereocenters. The van der Waals surface area contributed by atoms with Crippen LogP contribution in [0.4, 0.5) is 0 Å². The average Bonchev–Trinajstić information content (AvgIpc) is 2.92. The molecule has 0 saturated heterocycles. The van der Waals surface area contributed by atoms with Gasteiger partial charge in [0.2, 0.25) is 0 Å². The van der Waals surface area contributed by atoms with Gasteiger partial charge in [0.25, 0.3) is 0 Å². The molecule has 108 valence electrons. The third kappa shape index (κ3) is 1.75. The third-order valence-corrected chi connectivity index (χ3v) is 4.77. The molecule has 0 amide bonds. The lowest BCUT2D eigenvalue weighted by molar-refractivity contribution is -0.144. The van der Waals surface area contributed by atoms with Gasteiger partial charge >= 0.3 is 5.97 Å². The van der Waals surface area contributed by atoms with E-state index in [1.165, 1.54) is 34.7 Å². The van der Waals surface area contributed by atoms with Crippen molar-refractivity contribution in [3.05, 3.63) is 41.6 Å². The number of fused-ring (bicyclic) bond motifs is 2. The maximum absolute atomic E-state index is 11.9. The van der Waals surface area contributed by atoms with Crippen molar-refractivity contribution >= 4 is 22.4 Å². The molecule has 21 heavy (non-hydrogen) atoms. The summed E-state index contributed by atoms with van der Waals surface area (Å²) in [4.78, 5) is 17.5. The highest BCUT2D eigenvalue weighted by Crippen LogP contribution is 2.40. The summed E-state index contributed by atoms with van der Waals surface area (Å²) in [5.74, 6) is -0.332. The van der Waals surface area contributed by atoms with E-state index in [2.05, 4.69) is 47.4 Å². The van der Waals surface area contributed by atoms with E-state index < -0.39 is 0 Å². The van der Waals surface area contributed by atoms with Crippen molar-refractivity contribution in [2.45, 2.75) is 12.5 Å². The van der Waals surface area contributed by atoms with Crippen LogP contribution in [0.25, 0.3) is 16.5 Å². The van der Waals surface area contributed by atoms with Gasteiger partial charge < -0.3 is 9.72 Å². The molecule has 2 atom stereocenters. The van der Waals surface area contributed by atoms with Gasteiger partial charge in [-0.25, -0.2) is 0 Å². The molecular formula is C17H18N2O2. The lowest BCUT2D eigenvalue weighted by Crippen LogP contribution is -2.44. The van der Waals surface area contributed by atoms with E-state index >= 15 is 0 Å². The van der Waals surface area contributed by atoms with Crippen LogP contribution >= 0.6 is 0 Å². The SMILES string of the molecule is COC(=O)[C@H]1C=C2c3cccc4[nH]cc(c34)C[C@H]2N(C)C1. The average molecular weight is 282 g/mol. The van der Waals surface area contributed by atoms with Gasteiger partial charge in [0, 0.05) is 29.7 Å². The normalized spacial score (nSPS) is 24.6. The summed E-state index contributed by atoms with van der Waals surface area (Å²) in [6, 6.07) is 6.68. The molecule has 0 bridgehead atoms. The van der Waals surface area contributed by atoms with Gasteiger partial charge in [0.1, 0.15) is 0 Å². The van der Waals surface area contributed by atoms with Crippen molar-refractivity contribution in [2.75, 3.05) is 20.7 Å². The molecule has 1 aromatic heterocycles. The molecule has 2 aliphatic rings. The number of rotatable bonds is 1. The number of carbonyl (C=O) groups excluding carboxylic acids is 1. The zero-order valence-corrected chi connectivity index (χ0v) is 12.2.